The highest BCUT2D eigenvalue weighted by molar-refractivity contribution is 7.99. The van der Waals surface area contributed by atoms with E-state index in [1.807, 2.05) is 54.6 Å². The number of halogens is 3. The molecule has 2 heterocycles. The molecule has 2 saturated heterocycles. The summed E-state index contributed by atoms with van der Waals surface area (Å²) in [4.78, 5) is 51.5. The first-order valence-electron chi connectivity index (χ1n) is 12.7. The molecule has 12 heteroatoms. The van der Waals surface area contributed by atoms with E-state index < -0.39 is 41.5 Å². The topological polar surface area (TPSA) is 113 Å². The van der Waals surface area contributed by atoms with Crippen LogP contribution in [0.2, 0.25) is 0 Å². The number of thioether (sulfide) groups is 1. The normalized spacial score (nSPS) is 23.9. The first kappa shape index (κ1) is 31.2. The predicted octanol–water partition coefficient (Wildman–Crippen LogP) is 4.24. The maximum Gasteiger partial charge on any atom is 0.490 e. The van der Waals surface area contributed by atoms with Gasteiger partial charge in [-0.25, -0.2) is 4.79 Å². The van der Waals surface area contributed by atoms with E-state index in [1.165, 1.54) is 12.0 Å². The maximum atomic E-state index is 13.5. The number of amides is 2. The van der Waals surface area contributed by atoms with Crippen molar-refractivity contribution in [3.8, 4) is 0 Å². The second kappa shape index (κ2) is 12.9. The first-order valence-corrected chi connectivity index (χ1v) is 13.7. The van der Waals surface area contributed by atoms with E-state index in [0.29, 0.717) is 0 Å². The van der Waals surface area contributed by atoms with Gasteiger partial charge in [-0.3, -0.25) is 24.6 Å². The minimum Gasteiger partial charge on any atom is -0.475 e. The van der Waals surface area contributed by atoms with Crippen LogP contribution in [0.4, 0.5) is 13.2 Å². The summed E-state index contributed by atoms with van der Waals surface area (Å²) in [7, 11) is 1.33. The van der Waals surface area contributed by atoms with E-state index in [2.05, 4.69) is 12.2 Å². The van der Waals surface area contributed by atoms with Crippen molar-refractivity contribution in [3.05, 3.63) is 65.7 Å². The number of nitrogens with one attached hydrogen (secondary N) is 1. The number of ether oxygens (including phenoxy) is 1. The van der Waals surface area contributed by atoms with Gasteiger partial charge in [0.25, 0.3) is 0 Å². The van der Waals surface area contributed by atoms with Crippen LogP contribution in [0, 0.1) is 11.8 Å². The number of imide groups is 1. The summed E-state index contributed by atoms with van der Waals surface area (Å²) in [6.45, 7) is 4.22. The van der Waals surface area contributed by atoms with Crippen LogP contribution in [-0.4, -0.2) is 64.9 Å². The van der Waals surface area contributed by atoms with Crippen molar-refractivity contribution < 1.29 is 42.2 Å². The number of aliphatic carboxylic acids is 1. The smallest absolute Gasteiger partial charge is 0.475 e. The van der Waals surface area contributed by atoms with Crippen LogP contribution in [0.3, 0.4) is 0 Å². The Bertz CT molecular complexity index is 1220. The predicted molar refractivity (Wildman–Crippen MR) is 141 cm³/mol. The molecule has 40 heavy (non-hydrogen) atoms. The highest BCUT2D eigenvalue weighted by Crippen LogP contribution is 2.50. The fourth-order valence-corrected chi connectivity index (χ4v) is 5.94. The molecule has 4 rings (SSSR count). The number of carboxylic acids is 1. The third-order valence-corrected chi connectivity index (χ3v) is 8.11. The van der Waals surface area contributed by atoms with Gasteiger partial charge in [-0.2, -0.15) is 13.2 Å². The summed E-state index contributed by atoms with van der Waals surface area (Å²) in [5.41, 5.74) is 0.470. The minimum atomic E-state index is -5.08. The number of carbonyl (C=O) groups is 4. The van der Waals surface area contributed by atoms with Crippen LogP contribution in [0.5, 0.6) is 0 Å². The van der Waals surface area contributed by atoms with Crippen molar-refractivity contribution in [1.82, 2.24) is 10.2 Å². The third kappa shape index (κ3) is 6.33. The molecule has 8 nitrogen and oxygen atoms in total. The number of benzene rings is 2. The number of alkyl halides is 3. The molecular formula is C28H31F3N2O6S. The molecule has 2 amide bonds. The Morgan fingerprint density at radius 2 is 1.65 bits per heavy atom. The lowest BCUT2D eigenvalue weighted by molar-refractivity contribution is -0.192. The van der Waals surface area contributed by atoms with Crippen LogP contribution < -0.4 is 5.32 Å². The van der Waals surface area contributed by atoms with Gasteiger partial charge in [-0.05, 0) is 42.4 Å². The highest BCUT2D eigenvalue weighted by Gasteiger charge is 2.68. The van der Waals surface area contributed by atoms with Crippen molar-refractivity contribution in [2.24, 2.45) is 11.8 Å². The van der Waals surface area contributed by atoms with Crippen molar-refractivity contribution in [3.63, 3.8) is 0 Å². The van der Waals surface area contributed by atoms with Gasteiger partial charge in [-0.15, -0.1) is 11.8 Å². The summed E-state index contributed by atoms with van der Waals surface area (Å²) in [5.74, 6) is -4.25. The highest BCUT2D eigenvalue weighted by atomic mass is 32.2. The van der Waals surface area contributed by atoms with Crippen LogP contribution in [-0.2, 0) is 30.3 Å². The molecule has 3 unspecified atom stereocenters. The molecule has 0 saturated carbocycles. The van der Waals surface area contributed by atoms with Gasteiger partial charge >= 0.3 is 18.1 Å². The standard InChI is InChI=1S/C26H30N2O4S.C2HF3O2/c1-4-15-33-19-13-11-18(12-14-19)22-20-21(24(30)28(5-2)23(20)29)26(27-22,25(31)32-3)16-17-9-7-6-8-10-17;3-2(4,5)1(6)7/h6-14,20-22,27H,4-5,15-16H2,1-3H3;(H,6,7)/t20?,21?,22?,26-;/m1./s1. The molecule has 0 spiro atoms. The first-order chi connectivity index (χ1) is 18.9. The number of hydrogen-bond acceptors (Lipinski definition) is 7. The zero-order valence-corrected chi connectivity index (χ0v) is 23.1. The third-order valence-electron chi connectivity index (χ3n) is 6.89. The molecule has 2 N–H and O–H groups in total. The van der Waals surface area contributed by atoms with Crippen molar-refractivity contribution in [2.45, 2.75) is 49.3 Å². The number of methoxy groups -OCH3 is 1. The molecule has 2 aromatic carbocycles. The number of carbonyl (C=O) groups excluding carboxylic acids is 3. The SMILES string of the molecule is CCCSc1ccc(C2N[C@@](Cc3ccccc3)(C(=O)OC)C3C(=O)N(CC)C(=O)C23)cc1.O=C(O)C(F)(F)F. The summed E-state index contributed by atoms with van der Waals surface area (Å²) in [6.07, 6.45) is -3.73. The monoisotopic (exact) mass is 580 g/mol. The Hall–Kier alpha value is -3.38. The lowest BCUT2D eigenvalue weighted by Crippen LogP contribution is -2.57. The Labute approximate surface area is 234 Å². The number of nitrogens with zero attached hydrogens (tertiary/aromatic N) is 1. The number of fused-ring (bicyclic) bond motifs is 1. The Balaban J connectivity index is 0.000000559. The molecule has 0 aliphatic carbocycles. The second-order valence-electron chi connectivity index (χ2n) is 9.39. The Morgan fingerprint density at radius 3 is 2.15 bits per heavy atom. The van der Waals surface area contributed by atoms with E-state index in [0.717, 1.165) is 28.2 Å². The molecule has 0 bridgehead atoms. The zero-order valence-electron chi connectivity index (χ0n) is 22.2. The molecule has 2 aliphatic rings. The average Bonchev–Trinajstić information content (AvgIpc) is 3.40. The number of carboxylic acid groups (broad SMARTS) is 1. The summed E-state index contributed by atoms with van der Waals surface area (Å²) < 4.78 is 37.0. The van der Waals surface area contributed by atoms with Gasteiger partial charge in [0, 0.05) is 23.9 Å². The quantitative estimate of drug-likeness (QED) is 0.271. The summed E-state index contributed by atoms with van der Waals surface area (Å²) >= 11 is 1.78. The van der Waals surface area contributed by atoms with Crippen molar-refractivity contribution in [1.29, 1.82) is 0 Å². The largest absolute Gasteiger partial charge is 0.490 e. The zero-order chi connectivity index (χ0) is 29.7. The molecule has 0 aromatic heterocycles. The van der Waals surface area contributed by atoms with E-state index in [1.54, 1.807) is 18.7 Å². The van der Waals surface area contributed by atoms with Crippen LogP contribution >= 0.6 is 11.8 Å². The fourth-order valence-electron chi connectivity index (χ4n) is 5.17. The molecule has 0 radical (unpaired) electrons. The number of esters is 1. The van der Waals surface area contributed by atoms with Gasteiger partial charge < -0.3 is 9.84 Å². The van der Waals surface area contributed by atoms with Crippen LogP contribution in [0.1, 0.15) is 37.4 Å². The molecule has 2 fully saturated rings. The summed E-state index contributed by atoms with van der Waals surface area (Å²) in [5, 5.41) is 10.6. The van der Waals surface area contributed by atoms with Crippen LogP contribution in [0.25, 0.3) is 0 Å². The van der Waals surface area contributed by atoms with Crippen molar-refractivity contribution in [2.75, 3.05) is 19.4 Å². The number of rotatable bonds is 8. The molecular weight excluding hydrogens is 549 g/mol. The van der Waals surface area contributed by atoms with Crippen LogP contribution in [0.15, 0.2) is 59.5 Å². The van der Waals surface area contributed by atoms with Gasteiger partial charge in [0.15, 0.2) is 0 Å². The van der Waals surface area contributed by atoms with E-state index in [-0.39, 0.29) is 24.8 Å². The maximum absolute atomic E-state index is 13.5. The minimum absolute atomic E-state index is 0.228. The van der Waals surface area contributed by atoms with Crippen molar-refractivity contribution >= 4 is 35.5 Å². The lowest BCUT2D eigenvalue weighted by atomic mass is 9.76. The molecule has 216 valence electrons. The van der Waals surface area contributed by atoms with E-state index in [4.69, 9.17) is 14.6 Å². The molecule has 2 aromatic rings. The lowest BCUT2D eigenvalue weighted by Gasteiger charge is -2.32. The van der Waals surface area contributed by atoms with E-state index in [9.17, 15) is 27.6 Å². The average molecular weight is 581 g/mol. The van der Waals surface area contributed by atoms with Gasteiger partial charge in [0.2, 0.25) is 11.8 Å². The second-order valence-corrected chi connectivity index (χ2v) is 10.6. The van der Waals surface area contributed by atoms with Gasteiger partial charge in [0.1, 0.15) is 5.54 Å². The number of hydrogen-bond donors (Lipinski definition) is 2. The summed E-state index contributed by atoms with van der Waals surface area (Å²) in [6, 6.07) is 17.2. The Morgan fingerprint density at radius 1 is 1.05 bits per heavy atom. The van der Waals surface area contributed by atoms with Gasteiger partial charge in [0.05, 0.1) is 18.9 Å². The molecule has 2 aliphatic heterocycles. The number of likely N-dealkylation sites (tertiary alicyclic amines) is 1. The Kier molecular flexibility index (Phi) is 10.0. The van der Waals surface area contributed by atoms with E-state index >= 15 is 0 Å². The van der Waals surface area contributed by atoms with Gasteiger partial charge in [-0.1, -0.05) is 49.4 Å². The molecule has 4 atom stereocenters. The fraction of sp³-hybridized carbons (Fsp3) is 0.429.